The minimum atomic E-state index is -0.889. The minimum absolute atomic E-state index is 0.0691. The van der Waals surface area contributed by atoms with Crippen LogP contribution in [0.25, 0.3) is 0 Å². The fourth-order valence-electron chi connectivity index (χ4n) is 1.47. The van der Waals surface area contributed by atoms with Crippen LogP contribution in [-0.2, 0) is 19.1 Å². The Morgan fingerprint density at radius 1 is 1.14 bits per heavy atom. The molecule has 0 saturated carbocycles. The number of rotatable bonds is 12. The van der Waals surface area contributed by atoms with Gasteiger partial charge >= 0.3 is 5.97 Å². The maximum absolute atomic E-state index is 11.5. The number of allylic oxidation sites excluding steroid dienone is 1. The van der Waals surface area contributed by atoms with Crippen LogP contribution in [0, 0.1) is 0 Å². The Morgan fingerprint density at radius 3 is 2.48 bits per heavy atom. The van der Waals surface area contributed by atoms with Gasteiger partial charge in [0.25, 0.3) is 5.91 Å². The van der Waals surface area contributed by atoms with Gasteiger partial charge in [-0.25, -0.2) is 0 Å². The number of carbonyl (C=O) groups is 2. The summed E-state index contributed by atoms with van der Waals surface area (Å²) < 4.78 is 10.5. The molecule has 1 amide bonds. The summed E-state index contributed by atoms with van der Waals surface area (Å²) in [5.41, 5.74) is 3.33. The van der Waals surface area contributed by atoms with Crippen molar-refractivity contribution in [3.63, 3.8) is 0 Å². The molecule has 0 aromatic rings. The van der Waals surface area contributed by atoms with Crippen molar-refractivity contribution in [1.29, 1.82) is 0 Å². The maximum Gasteiger partial charge on any atom is 0.317 e. The summed E-state index contributed by atoms with van der Waals surface area (Å²) in [4.78, 5) is 21.7. The topological polar surface area (TPSA) is 96.9 Å². The van der Waals surface area contributed by atoms with E-state index in [0.717, 1.165) is 0 Å². The second-order valence-corrected chi connectivity index (χ2v) is 4.13. The molecule has 7 heteroatoms. The molecule has 1 rings (SSSR count). The molecule has 0 aliphatic heterocycles. The van der Waals surface area contributed by atoms with Gasteiger partial charge in [0.2, 0.25) is 0 Å². The zero-order valence-corrected chi connectivity index (χ0v) is 11.8. The highest BCUT2D eigenvalue weighted by Gasteiger charge is 2.05. The van der Waals surface area contributed by atoms with Crippen LogP contribution >= 0.6 is 0 Å². The lowest BCUT2D eigenvalue weighted by Gasteiger charge is -2.07. The summed E-state index contributed by atoms with van der Waals surface area (Å²) in [6.07, 6.45) is 5.14. The lowest BCUT2D eigenvalue weighted by Crippen LogP contribution is -2.28. The summed E-state index contributed by atoms with van der Waals surface area (Å²) in [6.45, 7) is 2.54. The quantitative estimate of drug-likeness (QED) is 0.331. The molecule has 0 spiro atoms. The first-order chi connectivity index (χ1) is 10.2. The van der Waals surface area contributed by atoms with E-state index in [4.69, 9.17) is 14.6 Å². The average molecular weight is 296 g/mol. The maximum atomic E-state index is 11.5. The van der Waals surface area contributed by atoms with Gasteiger partial charge in [-0.3, -0.25) is 9.59 Å². The number of hydrogen-bond acceptors (Lipinski definition) is 5. The molecule has 0 radical (unpaired) electrons. The molecule has 1 aliphatic rings. The number of nitrogens with one attached hydrogen (secondary N) is 2. The molecule has 0 aromatic carbocycles. The van der Waals surface area contributed by atoms with Crippen molar-refractivity contribution in [3.8, 4) is 0 Å². The molecule has 7 nitrogen and oxygen atoms in total. The third kappa shape index (κ3) is 8.78. The molecule has 0 bridgehead atoms. The Labute approximate surface area is 123 Å². The van der Waals surface area contributed by atoms with E-state index < -0.39 is 5.97 Å². The number of carboxylic acids is 1. The Kier molecular flexibility index (Phi) is 8.83. The van der Waals surface area contributed by atoms with Crippen LogP contribution < -0.4 is 10.6 Å². The molecule has 0 fully saturated rings. The largest absolute Gasteiger partial charge is 0.480 e. The van der Waals surface area contributed by atoms with Gasteiger partial charge in [-0.15, -0.1) is 5.73 Å². The molecule has 1 aliphatic carbocycles. The number of carbonyl (C=O) groups excluding carboxylic acids is 1. The van der Waals surface area contributed by atoms with Crippen molar-refractivity contribution >= 4 is 11.9 Å². The highest BCUT2D eigenvalue weighted by molar-refractivity contribution is 5.96. The molecule has 0 saturated heterocycles. The van der Waals surface area contributed by atoms with Crippen LogP contribution in [-0.4, -0.2) is 63.0 Å². The minimum Gasteiger partial charge on any atom is -0.480 e. The molecular weight excluding hydrogens is 276 g/mol. The predicted molar refractivity (Wildman–Crippen MR) is 75.9 cm³/mol. The average Bonchev–Trinajstić information content (AvgIpc) is 2.98. The standard InChI is InChI=1S/C14H20N2O5/c17-13(18)11-15-5-7-20-9-10-21-8-6-16-14(19)12-3-1-2-4-12/h1-3,15H,5-11H2,(H,16,19)(H,17,18). The van der Waals surface area contributed by atoms with E-state index in [9.17, 15) is 9.59 Å². The molecule has 0 aromatic heterocycles. The number of aliphatic carboxylic acids is 1. The molecule has 116 valence electrons. The third-order valence-corrected chi connectivity index (χ3v) is 2.45. The molecule has 0 atom stereocenters. The summed E-state index contributed by atoms with van der Waals surface area (Å²) in [5.74, 6) is -1.05. The SMILES string of the molecule is O=C(O)CNCCOCCOCCNC(=O)C1=C=CC=C1. The highest BCUT2D eigenvalue weighted by atomic mass is 16.5. The molecule has 3 N–H and O–H groups in total. The first kappa shape index (κ1) is 17.1. The van der Waals surface area contributed by atoms with E-state index in [1.807, 2.05) is 0 Å². The third-order valence-electron chi connectivity index (χ3n) is 2.45. The van der Waals surface area contributed by atoms with E-state index in [0.29, 0.717) is 45.1 Å². The Morgan fingerprint density at radius 2 is 1.86 bits per heavy atom. The molecule has 21 heavy (non-hydrogen) atoms. The second-order valence-electron chi connectivity index (χ2n) is 4.13. The number of ether oxygens (including phenoxy) is 2. The normalized spacial score (nSPS) is 12.5. The van der Waals surface area contributed by atoms with Crippen LogP contribution in [0.3, 0.4) is 0 Å². The van der Waals surface area contributed by atoms with E-state index in [1.54, 1.807) is 18.2 Å². The summed E-state index contributed by atoms with van der Waals surface area (Å²) in [7, 11) is 0. The fraction of sp³-hybridized carbons (Fsp3) is 0.500. The fourth-order valence-corrected chi connectivity index (χ4v) is 1.47. The number of amides is 1. The van der Waals surface area contributed by atoms with Gasteiger partial charge in [-0.1, -0.05) is 6.08 Å². The first-order valence-electron chi connectivity index (χ1n) is 6.69. The number of carboxylic acid groups (broad SMARTS) is 1. The van der Waals surface area contributed by atoms with Crippen molar-refractivity contribution < 1.29 is 24.2 Å². The monoisotopic (exact) mass is 296 g/mol. The van der Waals surface area contributed by atoms with Gasteiger partial charge in [-0.05, 0) is 12.2 Å². The Bertz CT molecular complexity index is 439. The Hall–Kier alpha value is -1.92. The van der Waals surface area contributed by atoms with Gasteiger partial charge < -0.3 is 25.2 Å². The zero-order valence-electron chi connectivity index (χ0n) is 11.8. The van der Waals surface area contributed by atoms with Gasteiger partial charge in [0.15, 0.2) is 0 Å². The van der Waals surface area contributed by atoms with Gasteiger partial charge in [0.05, 0.1) is 38.5 Å². The van der Waals surface area contributed by atoms with Crippen LogP contribution in [0.5, 0.6) is 0 Å². The van der Waals surface area contributed by atoms with E-state index in [2.05, 4.69) is 16.4 Å². The van der Waals surface area contributed by atoms with Crippen molar-refractivity contribution in [3.05, 3.63) is 29.5 Å². The van der Waals surface area contributed by atoms with Crippen molar-refractivity contribution in [2.45, 2.75) is 0 Å². The van der Waals surface area contributed by atoms with Crippen LogP contribution in [0.4, 0.5) is 0 Å². The highest BCUT2D eigenvalue weighted by Crippen LogP contribution is 2.00. The van der Waals surface area contributed by atoms with Gasteiger partial charge in [-0.2, -0.15) is 0 Å². The summed E-state index contributed by atoms with van der Waals surface area (Å²) in [5, 5.41) is 13.8. The van der Waals surface area contributed by atoms with Crippen molar-refractivity contribution in [2.75, 3.05) is 46.1 Å². The van der Waals surface area contributed by atoms with Crippen molar-refractivity contribution in [1.82, 2.24) is 10.6 Å². The zero-order chi connectivity index (χ0) is 15.3. The van der Waals surface area contributed by atoms with Gasteiger partial charge in [0, 0.05) is 13.1 Å². The smallest absolute Gasteiger partial charge is 0.317 e. The first-order valence-corrected chi connectivity index (χ1v) is 6.69. The van der Waals surface area contributed by atoms with E-state index >= 15 is 0 Å². The van der Waals surface area contributed by atoms with Crippen LogP contribution in [0.2, 0.25) is 0 Å². The summed E-state index contributed by atoms with van der Waals surface area (Å²) in [6, 6.07) is 0. The summed E-state index contributed by atoms with van der Waals surface area (Å²) >= 11 is 0. The van der Waals surface area contributed by atoms with Gasteiger partial charge in [0.1, 0.15) is 0 Å². The van der Waals surface area contributed by atoms with Crippen LogP contribution in [0.15, 0.2) is 29.5 Å². The molecular formula is C14H20N2O5. The molecule has 0 unspecified atom stereocenters. The Balaban J connectivity index is 1.82. The lowest BCUT2D eigenvalue weighted by atomic mass is 10.3. The van der Waals surface area contributed by atoms with E-state index in [1.165, 1.54) is 0 Å². The van der Waals surface area contributed by atoms with Crippen LogP contribution in [0.1, 0.15) is 0 Å². The predicted octanol–water partition coefficient (Wildman–Crippen LogP) is -0.539. The second kappa shape index (κ2) is 10.8. The van der Waals surface area contributed by atoms with Crippen molar-refractivity contribution in [2.24, 2.45) is 0 Å². The molecule has 0 heterocycles. The van der Waals surface area contributed by atoms with E-state index in [-0.39, 0.29) is 12.5 Å². The number of hydrogen-bond donors (Lipinski definition) is 3. The lowest BCUT2D eigenvalue weighted by molar-refractivity contribution is -0.136.